The molecule has 4 nitrogen and oxygen atoms in total. The van der Waals surface area contributed by atoms with E-state index < -0.39 is 0 Å². The number of hydrogen-bond donors (Lipinski definition) is 0. The maximum absolute atomic E-state index is 5.97. The Labute approximate surface area is 149 Å². The second kappa shape index (κ2) is 7.99. The normalized spacial score (nSPS) is 15.9. The van der Waals surface area contributed by atoms with Crippen molar-refractivity contribution < 1.29 is 4.74 Å². The standard InChI is InChI=1S/C19H27N3OS/c1-15(2)23-18-7-5-4-6-17(18)22-12-10-21(11-13-22)9-8-19-16(3)20-14-24-19/h4-7,14-15H,8-13H2,1-3H3. The van der Waals surface area contributed by atoms with Crippen molar-refractivity contribution in [1.29, 1.82) is 0 Å². The Morgan fingerprint density at radius 3 is 2.58 bits per heavy atom. The summed E-state index contributed by atoms with van der Waals surface area (Å²) in [4.78, 5) is 10.8. The topological polar surface area (TPSA) is 28.6 Å². The first-order chi connectivity index (χ1) is 11.6. The Bertz CT molecular complexity index is 648. The molecule has 130 valence electrons. The summed E-state index contributed by atoms with van der Waals surface area (Å²) in [5.74, 6) is 1.00. The lowest BCUT2D eigenvalue weighted by Gasteiger charge is -2.36. The molecule has 1 aromatic heterocycles. The van der Waals surface area contributed by atoms with Gasteiger partial charge in [-0.15, -0.1) is 11.3 Å². The molecule has 0 radical (unpaired) electrons. The van der Waals surface area contributed by atoms with Gasteiger partial charge in [-0.2, -0.15) is 0 Å². The third-order valence-corrected chi connectivity index (χ3v) is 5.44. The molecule has 2 heterocycles. The van der Waals surface area contributed by atoms with Crippen LogP contribution in [0.15, 0.2) is 29.8 Å². The van der Waals surface area contributed by atoms with E-state index >= 15 is 0 Å². The van der Waals surface area contributed by atoms with Gasteiger partial charge in [-0.25, -0.2) is 4.98 Å². The van der Waals surface area contributed by atoms with Crippen molar-refractivity contribution in [3.8, 4) is 5.75 Å². The van der Waals surface area contributed by atoms with E-state index in [1.165, 1.54) is 16.3 Å². The molecule has 0 atom stereocenters. The van der Waals surface area contributed by atoms with E-state index in [0.717, 1.165) is 44.9 Å². The van der Waals surface area contributed by atoms with Crippen molar-refractivity contribution in [3.05, 3.63) is 40.3 Å². The van der Waals surface area contributed by atoms with Gasteiger partial charge in [-0.3, -0.25) is 4.90 Å². The molecule has 0 amide bonds. The summed E-state index contributed by atoms with van der Waals surface area (Å²) in [6.07, 6.45) is 1.32. The van der Waals surface area contributed by atoms with E-state index in [2.05, 4.69) is 59.8 Å². The fourth-order valence-corrected chi connectivity index (χ4v) is 3.88. The van der Waals surface area contributed by atoms with Gasteiger partial charge in [-0.1, -0.05) is 12.1 Å². The van der Waals surface area contributed by atoms with Crippen LogP contribution in [0.3, 0.4) is 0 Å². The van der Waals surface area contributed by atoms with Gasteiger partial charge in [0.25, 0.3) is 0 Å². The number of thiazole rings is 1. The highest BCUT2D eigenvalue weighted by Gasteiger charge is 2.20. The molecule has 3 rings (SSSR count). The summed E-state index contributed by atoms with van der Waals surface area (Å²) >= 11 is 1.78. The number of piperazine rings is 1. The first-order valence-corrected chi connectivity index (χ1v) is 9.63. The fourth-order valence-electron chi connectivity index (χ4n) is 3.11. The SMILES string of the molecule is Cc1ncsc1CCN1CCN(c2ccccc2OC(C)C)CC1. The number of aryl methyl sites for hydroxylation is 1. The second-order valence-electron chi connectivity index (χ2n) is 6.57. The van der Waals surface area contributed by atoms with Gasteiger partial charge in [-0.05, 0) is 39.3 Å². The third-order valence-electron chi connectivity index (χ3n) is 4.44. The van der Waals surface area contributed by atoms with Gasteiger partial charge >= 0.3 is 0 Å². The van der Waals surface area contributed by atoms with Crippen LogP contribution in [-0.2, 0) is 6.42 Å². The zero-order valence-corrected chi connectivity index (χ0v) is 15.7. The summed E-state index contributed by atoms with van der Waals surface area (Å²) in [5.41, 5.74) is 4.37. The molecule has 0 N–H and O–H groups in total. The van der Waals surface area contributed by atoms with Crippen LogP contribution in [0.25, 0.3) is 0 Å². The molecule has 0 unspecified atom stereocenters. The van der Waals surface area contributed by atoms with Crippen molar-refractivity contribution in [2.45, 2.75) is 33.3 Å². The Hall–Kier alpha value is -1.59. The van der Waals surface area contributed by atoms with Crippen molar-refractivity contribution in [2.24, 2.45) is 0 Å². The van der Waals surface area contributed by atoms with Crippen molar-refractivity contribution in [1.82, 2.24) is 9.88 Å². The van der Waals surface area contributed by atoms with Gasteiger partial charge in [0.1, 0.15) is 5.75 Å². The van der Waals surface area contributed by atoms with Crippen LogP contribution in [0.5, 0.6) is 5.75 Å². The zero-order valence-electron chi connectivity index (χ0n) is 14.9. The van der Waals surface area contributed by atoms with Gasteiger partial charge < -0.3 is 9.64 Å². The second-order valence-corrected chi connectivity index (χ2v) is 7.51. The largest absolute Gasteiger partial charge is 0.489 e. The van der Waals surface area contributed by atoms with Gasteiger partial charge in [0.2, 0.25) is 0 Å². The number of hydrogen-bond acceptors (Lipinski definition) is 5. The van der Waals surface area contributed by atoms with E-state index in [-0.39, 0.29) is 6.10 Å². The summed E-state index contributed by atoms with van der Waals surface area (Å²) in [6.45, 7) is 11.7. The number of rotatable bonds is 6. The van der Waals surface area contributed by atoms with Gasteiger partial charge in [0, 0.05) is 37.6 Å². The number of nitrogens with zero attached hydrogens (tertiary/aromatic N) is 3. The highest BCUT2D eigenvalue weighted by atomic mass is 32.1. The number of anilines is 1. The van der Waals surface area contributed by atoms with Crippen LogP contribution >= 0.6 is 11.3 Å². The van der Waals surface area contributed by atoms with Crippen LogP contribution in [0.2, 0.25) is 0 Å². The number of para-hydroxylation sites is 2. The quantitative estimate of drug-likeness (QED) is 0.800. The highest BCUT2D eigenvalue weighted by Crippen LogP contribution is 2.29. The molecule has 2 aromatic rings. The Kier molecular flexibility index (Phi) is 5.74. The monoisotopic (exact) mass is 345 g/mol. The summed E-state index contributed by atoms with van der Waals surface area (Å²) < 4.78 is 5.97. The van der Waals surface area contributed by atoms with Gasteiger partial charge in [0.05, 0.1) is 23.0 Å². The van der Waals surface area contributed by atoms with Crippen molar-refractivity contribution >= 4 is 17.0 Å². The van der Waals surface area contributed by atoms with E-state index in [1.807, 2.05) is 5.51 Å². The number of aromatic nitrogens is 1. The predicted octanol–water partition coefficient (Wildman–Crippen LogP) is 3.60. The molecule has 1 aromatic carbocycles. The first kappa shape index (κ1) is 17.2. The number of ether oxygens (including phenoxy) is 1. The predicted molar refractivity (Wildman–Crippen MR) is 101 cm³/mol. The molecule has 0 saturated carbocycles. The molecular formula is C19H27N3OS. The Morgan fingerprint density at radius 2 is 1.92 bits per heavy atom. The molecule has 0 spiro atoms. The molecule has 1 aliphatic heterocycles. The lowest BCUT2D eigenvalue weighted by Crippen LogP contribution is -2.47. The zero-order chi connectivity index (χ0) is 16.9. The first-order valence-electron chi connectivity index (χ1n) is 8.75. The lowest BCUT2D eigenvalue weighted by molar-refractivity contribution is 0.238. The van der Waals surface area contributed by atoms with Gasteiger partial charge in [0.15, 0.2) is 0 Å². The molecule has 1 saturated heterocycles. The average Bonchev–Trinajstić information content (AvgIpc) is 2.99. The lowest BCUT2D eigenvalue weighted by atomic mass is 10.2. The van der Waals surface area contributed by atoms with Crippen molar-refractivity contribution in [2.75, 3.05) is 37.6 Å². The maximum atomic E-state index is 5.97. The van der Waals surface area contributed by atoms with E-state index in [1.54, 1.807) is 11.3 Å². The molecule has 0 bridgehead atoms. The third kappa shape index (κ3) is 4.28. The minimum Gasteiger partial charge on any atom is -0.489 e. The molecule has 0 aliphatic carbocycles. The molecular weight excluding hydrogens is 318 g/mol. The van der Waals surface area contributed by atoms with Crippen LogP contribution < -0.4 is 9.64 Å². The molecule has 1 aliphatic rings. The minimum absolute atomic E-state index is 0.204. The average molecular weight is 346 g/mol. The van der Waals surface area contributed by atoms with E-state index in [4.69, 9.17) is 4.74 Å². The van der Waals surface area contributed by atoms with Crippen LogP contribution in [0.1, 0.15) is 24.4 Å². The minimum atomic E-state index is 0.204. The molecule has 5 heteroatoms. The molecule has 1 fully saturated rings. The van der Waals surface area contributed by atoms with Crippen LogP contribution in [-0.4, -0.2) is 48.7 Å². The maximum Gasteiger partial charge on any atom is 0.142 e. The fraction of sp³-hybridized carbons (Fsp3) is 0.526. The Balaban J connectivity index is 1.54. The summed E-state index contributed by atoms with van der Waals surface area (Å²) in [5, 5.41) is 0. The smallest absolute Gasteiger partial charge is 0.142 e. The van der Waals surface area contributed by atoms with E-state index in [0.29, 0.717) is 0 Å². The van der Waals surface area contributed by atoms with Crippen LogP contribution in [0.4, 0.5) is 5.69 Å². The van der Waals surface area contributed by atoms with E-state index in [9.17, 15) is 0 Å². The summed E-state index contributed by atoms with van der Waals surface area (Å²) in [6, 6.07) is 8.40. The molecule has 24 heavy (non-hydrogen) atoms. The number of benzene rings is 1. The highest BCUT2D eigenvalue weighted by molar-refractivity contribution is 7.09. The Morgan fingerprint density at radius 1 is 1.17 bits per heavy atom. The summed E-state index contributed by atoms with van der Waals surface area (Å²) in [7, 11) is 0. The van der Waals surface area contributed by atoms with Crippen LogP contribution in [0, 0.1) is 6.92 Å². The van der Waals surface area contributed by atoms with Crippen molar-refractivity contribution in [3.63, 3.8) is 0 Å².